The Bertz CT molecular complexity index is 602. The number of nitrogens with zero attached hydrogens (tertiary/aromatic N) is 4. The Morgan fingerprint density at radius 2 is 2.09 bits per heavy atom. The van der Waals surface area contributed by atoms with Crippen LogP contribution in [-0.4, -0.2) is 52.2 Å². The van der Waals surface area contributed by atoms with Crippen molar-refractivity contribution in [3.05, 3.63) is 12.3 Å². The number of fused-ring (bicyclic) bond motifs is 1. The molecule has 1 amide bonds. The molecule has 0 N–H and O–H groups in total. The molecule has 1 aromatic heterocycles. The minimum Gasteiger partial charge on any atom is -0.294 e. The molecule has 3 fully saturated rings. The maximum Gasteiger partial charge on any atom is 0.255 e. The normalized spacial score (nSPS) is 34.6. The summed E-state index contributed by atoms with van der Waals surface area (Å²) in [7, 11) is 1.81. The third-order valence-corrected chi connectivity index (χ3v) is 5.35. The fraction of sp³-hybridized carbons (Fsp3) is 0.733. The lowest BCUT2D eigenvalue weighted by Crippen LogP contribution is -2.54. The summed E-state index contributed by atoms with van der Waals surface area (Å²) in [6.07, 6.45) is 3.95. The molecule has 2 saturated heterocycles. The van der Waals surface area contributed by atoms with Crippen molar-refractivity contribution < 1.29 is 13.6 Å². The number of carbonyl (C=O) groups excluding carboxylic acids is 1. The van der Waals surface area contributed by atoms with Gasteiger partial charge < -0.3 is 0 Å². The van der Waals surface area contributed by atoms with Crippen LogP contribution in [0.2, 0.25) is 0 Å². The zero-order valence-electron chi connectivity index (χ0n) is 12.6. The first-order valence-corrected chi connectivity index (χ1v) is 7.91. The predicted molar refractivity (Wildman–Crippen MR) is 76.7 cm³/mol. The topological polar surface area (TPSA) is 41.4 Å². The molecule has 1 aromatic rings. The van der Waals surface area contributed by atoms with Crippen molar-refractivity contribution in [3.63, 3.8) is 0 Å². The standard InChI is InChI=1S/C15H20F2N4O/c1-19-7-5-13(18-19)21-6-2-3-12(14(21)22)20-8-4-10-11(9-20)15(10,16)17/h5,7,10-12H,2-4,6,8-9H2,1H3. The number of anilines is 1. The fourth-order valence-electron chi connectivity index (χ4n) is 4.00. The van der Waals surface area contributed by atoms with E-state index in [1.54, 1.807) is 9.58 Å². The number of aryl methyl sites for hydroxylation is 1. The number of rotatable bonds is 2. The first-order valence-electron chi connectivity index (χ1n) is 7.91. The molecule has 22 heavy (non-hydrogen) atoms. The lowest BCUT2D eigenvalue weighted by molar-refractivity contribution is -0.126. The first-order chi connectivity index (χ1) is 10.5. The van der Waals surface area contributed by atoms with Gasteiger partial charge in [-0.25, -0.2) is 8.78 Å². The molecule has 5 nitrogen and oxygen atoms in total. The monoisotopic (exact) mass is 310 g/mol. The van der Waals surface area contributed by atoms with Gasteiger partial charge in [0.15, 0.2) is 5.82 Å². The number of aromatic nitrogens is 2. The minimum atomic E-state index is -2.51. The summed E-state index contributed by atoms with van der Waals surface area (Å²) in [5.41, 5.74) is 0. The highest BCUT2D eigenvalue weighted by atomic mass is 19.3. The highest BCUT2D eigenvalue weighted by molar-refractivity contribution is 5.97. The number of halogens is 2. The number of carbonyl (C=O) groups is 1. The molecule has 3 aliphatic rings. The molecule has 120 valence electrons. The largest absolute Gasteiger partial charge is 0.294 e. The summed E-state index contributed by atoms with van der Waals surface area (Å²) < 4.78 is 28.8. The average Bonchev–Trinajstić information content (AvgIpc) is 2.82. The molecule has 4 rings (SSSR count). The summed E-state index contributed by atoms with van der Waals surface area (Å²) >= 11 is 0. The molecule has 0 spiro atoms. The van der Waals surface area contributed by atoms with E-state index in [-0.39, 0.29) is 11.9 Å². The summed E-state index contributed by atoms with van der Waals surface area (Å²) in [6, 6.07) is 1.55. The van der Waals surface area contributed by atoms with Crippen LogP contribution in [0.15, 0.2) is 12.3 Å². The summed E-state index contributed by atoms with van der Waals surface area (Å²) in [5.74, 6) is -2.84. The maximum atomic E-state index is 13.5. The molecule has 0 bridgehead atoms. The quantitative estimate of drug-likeness (QED) is 0.831. The van der Waals surface area contributed by atoms with Crippen molar-refractivity contribution in [2.75, 3.05) is 24.5 Å². The summed E-state index contributed by atoms with van der Waals surface area (Å²) in [5, 5.41) is 4.29. The van der Waals surface area contributed by atoms with E-state index in [2.05, 4.69) is 5.10 Å². The second-order valence-electron chi connectivity index (χ2n) is 6.67. The SMILES string of the molecule is Cn1ccc(N2CCCC(N3CCC4C(C3)C4(F)F)C2=O)n1. The van der Waals surface area contributed by atoms with Crippen LogP contribution in [0.5, 0.6) is 0 Å². The Kier molecular flexibility index (Phi) is 3.04. The maximum absolute atomic E-state index is 13.5. The molecule has 3 unspecified atom stereocenters. The van der Waals surface area contributed by atoms with E-state index in [1.807, 2.05) is 24.2 Å². The molecular weight excluding hydrogens is 290 g/mol. The van der Waals surface area contributed by atoms with E-state index >= 15 is 0 Å². The lowest BCUT2D eigenvalue weighted by atomic mass is 10.00. The van der Waals surface area contributed by atoms with Crippen molar-refractivity contribution in [1.82, 2.24) is 14.7 Å². The van der Waals surface area contributed by atoms with Crippen LogP contribution in [0.1, 0.15) is 19.3 Å². The lowest BCUT2D eigenvalue weighted by Gasteiger charge is -2.38. The van der Waals surface area contributed by atoms with Gasteiger partial charge in [-0.3, -0.25) is 19.3 Å². The average molecular weight is 310 g/mol. The van der Waals surface area contributed by atoms with Crippen molar-refractivity contribution in [1.29, 1.82) is 0 Å². The molecule has 0 radical (unpaired) electrons. The smallest absolute Gasteiger partial charge is 0.255 e. The third-order valence-electron chi connectivity index (χ3n) is 5.35. The van der Waals surface area contributed by atoms with Crippen molar-refractivity contribution in [2.24, 2.45) is 18.9 Å². The van der Waals surface area contributed by atoms with E-state index in [0.717, 1.165) is 12.8 Å². The number of likely N-dealkylation sites (tertiary alicyclic amines) is 1. The first kappa shape index (κ1) is 14.1. The van der Waals surface area contributed by atoms with Gasteiger partial charge in [0.25, 0.3) is 5.92 Å². The van der Waals surface area contributed by atoms with Gasteiger partial charge >= 0.3 is 0 Å². The minimum absolute atomic E-state index is 0.00682. The summed E-state index contributed by atoms with van der Waals surface area (Å²) in [6.45, 7) is 1.61. The Morgan fingerprint density at radius 1 is 1.27 bits per heavy atom. The van der Waals surface area contributed by atoms with E-state index in [1.165, 1.54) is 0 Å². The second-order valence-corrected chi connectivity index (χ2v) is 6.67. The Hall–Kier alpha value is -1.50. The van der Waals surface area contributed by atoms with Gasteiger partial charge in [-0.1, -0.05) is 0 Å². The number of amides is 1. The van der Waals surface area contributed by atoms with Gasteiger partial charge in [-0.2, -0.15) is 5.10 Å². The molecule has 0 aromatic carbocycles. The number of piperidine rings is 2. The van der Waals surface area contributed by atoms with Gasteiger partial charge in [0, 0.05) is 44.2 Å². The van der Waals surface area contributed by atoms with Gasteiger partial charge in [-0.15, -0.1) is 0 Å². The highest BCUT2D eigenvalue weighted by Gasteiger charge is 2.69. The van der Waals surface area contributed by atoms with Crippen molar-refractivity contribution >= 4 is 11.7 Å². The zero-order valence-corrected chi connectivity index (χ0v) is 12.6. The van der Waals surface area contributed by atoms with Crippen LogP contribution in [0.3, 0.4) is 0 Å². The van der Waals surface area contributed by atoms with Crippen LogP contribution in [0, 0.1) is 11.8 Å². The van der Waals surface area contributed by atoms with Gasteiger partial charge in [0.1, 0.15) is 0 Å². The Morgan fingerprint density at radius 3 is 2.77 bits per heavy atom. The molecule has 7 heteroatoms. The Labute approximate surface area is 127 Å². The van der Waals surface area contributed by atoms with Crippen LogP contribution in [-0.2, 0) is 11.8 Å². The molecular formula is C15H20F2N4O. The zero-order chi connectivity index (χ0) is 15.5. The summed E-state index contributed by atoms with van der Waals surface area (Å²) in [4.78, 5) is 16.4. The van der Waals surface area contributed by atoms with Crippen molar-refractivity contribution in [3.8, 4) is 0 Å². The van der Waals surface area contributed by atoms with E-state index in [9.17, 15) is 13.6 Å². The molecule has 2 aliphatic heterocycles. The van der Waals surface area contributed by atoms with Crippen LogP contribution in [0.25, 0.3) is 0 Å². The van der Waals surface area contributed by atoms with Gasteiger partial charge in [0.05, 0.1) is 6.04 Å². The molecule has 1 aliphatic carbocycles. The Balaban J connectivity index is 1.49. The predicted octanol–water partition coefficient (Wildman–Crippen LogP) is 1.50. The van der Waals surface area contributed by atoms with E-state index in [4.69, 9.17) is 0 Å². The van der Waals surface area contributed by atoms with E-state index < -0.39 is 17.8 Å². The number of alkyl halides is 2. The molecule has 3 heterocycles. The van der Waals surface area contributed by atoms with Crippen molar-refractivity contribution in [2.45, 2.75) is 31.2 Å². The van der Waals surface area contributed by atoms with Crippen LogP contribution in [0.4, 0.5) is 14.6 Å². The van der Waals surface area contributed by atoms with Crippen LogP contribution >= 0.6 is 0 Å². The third kappa shape index (κ3) is 2.06. The van der Waals surface area contributed by atoms with Gasteiger partial charge in [0.2, 0.25) is 5.91 Å². The van der Waals surface area contributed by atoms with Gasteiger partial charge in [-0.05, 0) is 25.8 Å². The molecule has 1 saturated carbocycles. The van der Waals surface area contributed by atoms with E-state index in [0.29, 0.717) is 31.9 Å². The highest BCUT2D eigenvalue weighted by Crippen LogP contribution is 2.59. The number of hydrogen-bond donors (Lipinski definition) is 0. The molecule has 3 atom stereocenters. The number of hydrogen-bond acceptors (Lipinski definition) is 3. The second kappa shape index (κ2) is 4.75. The van der Waals surface area contributed by atoms with Crippen LogP contribution < -0.4 is 4.90 Å². The fourth-order valence-corrected chi connectivity index (χ4v) is 4.00.